The van der Waals surface area contributed by atoms with Crippen LogP contribution in [0.4, 0.5) is 0 Å². The minimum Gasteiger partial charge on any atom is -0.379 e. The summed E-state index contributed by atoms with van der Waals surface area (Å²) in [6.07, 6.45) is 1.54. The van der Waals surface area contributed by atoms with Crippen molar-refractivity contribution in [2.75, 3.05) is 39.4 Å². The lowest BCUT2D eigenvalue weighted by atomic mass is 10.0. The Hall–Kier alpha value is -3.55. The second-order valence-electron chi connectivity index (χ2n) is 9.50. The smallest absolute Gasteiger partial charge is 0.253 e. The largest absolute Gasteiger partial charge is 0.379 e. The summed E-state index contributed by atoms with van der Waals surface area (Å²) in [5.74, 6) is -0.399. The number of fused-ring (bicyclic) bond motifs is 3. The van der Waals surface area contributed by atoms with Gasteiger partial charge >= 0.3 is 0 Å². The average molecular weight is 469 g/mol. The van der Waals surface area contributed by atoms with E-state index in [1.54, 1.807) is 6.07 Å². The molecule has 1 atom stereocenters. The summed E-state index contributed by atoms with van der Waals surface area (Å²) in [5.41, 5.74) is 12.2. The van der Waals surface area contributed by atoms with Gasteiger partial charge in [0, 0.05) is 60.9 Å². The van der Waals surface area contributed by atoms with E-state index in [1.807, 2.05) is 53.4 Å². The minimum atomic E-state index is -0.462. The molecule has 3 heterocycles. The number of rotatable bonds is 4. The van der Waals surface area contributed by atoms with Gasteiger partial charge in [-0.1, -0.05) is 36.4 Å². The topological polar surface area (TPSA) is 88.8 Å². The Balaban J connectivity index is 1.28. The molecule has 2 aromatic carbocycles. The zero-order valence-corrected chi connectivity index (χ0v) is 19.6. The van der Waals surface area contributed by atoms with E-state index in [4.69, 9.17) is 15.5 Å². The van der Waals surface area contributed by atoms with Crippen molar-refractivity contribution in [2.45, 2.75) is 18.9 Å². The standard InChI is InChI=1S/C28H28N4O3/c29-27(33)24-16-25(18-4-2-1-3-5-18)30-26-22-7-6-19(14-20(22)15-23(24)26)28(34)32-9-8-21(17-32)31-10-12-35-13-11-31/h1-7,14,16,21H,8-13,15,17H2,(H2,29,33)/t21-/m1/s1. The molecule has 2 N–H and O–H groups in total. The lowest BCUT2D eigenvalue weighted by Crippen LogP contribution is -2.45. The van der Waals surface area contributed by atoms with Crippen LogP contribution < -0.4 is 5.73 Å². The van der Waals surface area contributed by atoms with Gasteiger partial charge < -0.3 is 15.4 Å². The molecule has 0 saturated carbocycles. The molecule has 7 nitrogen and oxygen atoms in total. The Morgan fingerprint density at radius 2 is 1.80 bits per heavy atom. The van der Waals surface area contributed by atoms with Crippen LogP contribution in [0.3, 0.4) is 0 Å². The normalized spacial score (nSPS) is 19.4. The predicted molar refractivity (Wildman–Crippen MR) is 133 cm³/mol. The second kappa shape index (κ2) is 8.91. The zero-order chi connectivity index (χ0) is 23.9. The molecule has 1 aromatic heterocycles. The first-order valence-corrected chi connectivity index (χ1v) is 12.2. The fourth-order valence-electron chi connectivity index (χ4n) is 5.59. The number of aromatic nitrogens is 1. The number of morpholine rings is 1. The van der Waals surface area contributed by atoms with Gasteiger partial charge in [0.2, 0.25) is 5.91 Å². The first-order chi connectivity index (χ1) is 17.1. The van der Waals surface area contributed by atoms with Crippen LogP contribution in [0.5, 0.6) is 0 Å². The van der Waals surface area contributed by atoms with E-state index in [0.717, 1.165) is 79.5 Å². The van der Waals surface area contributed by atoms with Crippen molar-refractivity contribution >= 4 is 11.8 Å². The summed E-state index contributed by atoms with van der Waals surface area (Å²) < 4.78 is 5.47. The van der Waals surface area contributed by atoms with Gasteiger partial charge in [0.1, 0.15) is 0 Å². The summed E-state index contributed by atoms with van der Waals surface area (Å²) in [7, 11) is 0. The van der Waals surface area contributed by atoms with Crippen molar-refractivity contribution in [2.24, 2.45) is 5.73 Å². The number of primary amides is 1. The Kier molecular flexibility index (Phi) is 5.59. The Morgan fingerprint density at radius 1 is 1.00 bits per heavy atom. The first-order valence-electron chi connectivity index (χ1n) is 12.2. The van der Waals surface area contributed by atoms with Crippen LogP contribution in [-0.2, 0) is 11.2 Å². The molecule has 0 radical (unpaired) electrons. The molecule has 2 aliphatic heterocycles. The van der Waals surface area contributed by atoms with E-state index in [9.17, 15) is 9.59 Å². The maximum Gasteiger partial charge on any atom is 0.253 e. The number of carbonyl (C=O) groups excluding carboxylic acids is 2. The van der Waals surface area contributed by atoms with Gasteiger partial charge in [-0.05, 0) is 35.7 Å². The fourth-order valence-corrected chi connectivity index (χ4v) is 5.59. The van der Waals surface area contributed by atoms with Crippen molar-refractivity contribution in [3.8, 4) is 22.5 Å². The molecule has 0 unspecified atom stereocenters. The van der Waals surface area contributed by atoms with E-state index in [-0.39, 0.29) is 5.91 Å². The minimum absolute atomic E-state index is 0.0626. The van der Waals surface area contributed by atoms with Crippen molar-refractivity contribution in [1.82, 2.24) is 14.8 Å². The molecule has 6 rings (SSSR count). The van der Waals surface area contributed by atoms with Gasteiger partial charge in [-0.3, -0.25) is 14.5 Å². The highest BCUT2D eigenvalue weighted by atomic mass is 16.5. The van der Waals surface area contributed by atoms with E-state index in [1.165, 1.54) is 0 Å². The average Bonchev–Trinajstić information content (AvgIpc) is 3.53. The number of nitrogens with two attached hydrogens (primary N) is 1. The van der Waals surface area contributed by atoms with Crippen LogP contribution in [-0.4, -0.2) is 72.0 Å². The van der Waals surface area contributed by atoms with E-state index >= 15 is 0 Å². The highest BCUT2D eigenvalue weighted by Gasteiger charge is 2.33. The Bertz CT molecular complexity index is 1300. The van der Waals surface area contributed by atoms with Gasteiger partial charge in [-0.2, -0.15) is 0 Å². The summed E-state index contributed by atoms with van der Waals surface area (Å²) in [4.78, 5) is 35.0. The summed E-state index contributed by atoms with van der Waals surface area (Å²) in [6.45, 7) is 4.93. The van der Waals surface area contributed by atoms with Crippen molar-refractivity contribution in [3.05, 3.63) is 76.9 Å². The molecule has 3 aromatic rings. The summed E-state index contributed by atoms with van der Waals surface area (Å²) in [6, 6.07) is 17.8. The van der Waals surface area contributed by atoms with E-state index in [0.29, 0.717) is 23.6 Å². The molecule has 0 spiro atoms. The van der Waals surface area contributed by atoms with Crippen molar-refractivity contribution in [1.29, 1.82) is 0 Å². The molecule has 2 amide bonds. The van der Waals surface area contributed by atoms with Crippen LogP contribution in [0.2, 0.25) is 0 Å². The molecule has 7 heteroatoms. The second-order valence-corrected chi connectivity index (χ2v) is 9.50. The number of carbonyl (C=O) groups is 2. The molecular formula is C28H28N4O3. The van der Waals surface area contributed by atoms with E-state index in [2.05, 4.69) is 4.90 Å². The number of amides is 2. The van der Waals surface area contributed by atoms with Gasteiger partial charge in [-0.25, -0.2) is 4.98 Å². The lowest BCUT2D eigenvalue weighted by Gasteiger charge is -2.32. The zero-order valence-electron chi connectivity index (χ0n) is 19.6. The van der Waals surface area contributed by atoms with Gasteiger partial charge in [0.25, 0.3) is 5.91 Å². The lowest BCUT2D eigenvalue weighted by molar-refractivity contribution is 0.0185. The van der Waals surface area contributed by atoms with Crippen LogP contribution in [0.1, 0.15) is 38.3 Å². The number of benzene rings is 2. The molecule has 0 bridgehead atoms. The maximum absolute atomic E-state index is 13.4. The van der Waals surface area contributed by atoms with E-state index < -0.39 is 5.91 Å². The number of hydrogen-bond donors (Lipinski definition) is 1. The van der Waals surface area contributed by atoms with Crippen molar-refractivity contribution < 1.29 is 14.3 Å². The van der Waals surface area contributed by atoms with Crippen LogP contribution in [0, 0.1) is 0 Å². The van der Waals surface area contributed by atoms with Crippen molar-refractivity contribution in [3.63, 3.8) is 0 Å². The molecular weight excluding hydrogens is 440 g/mol. The molecule has 3 aliphatic rings. The first kappa shape index (κ1) is 21.9. The van der Waals surface area contributed by atoms with Crippen LogP contribution >= 0.6 is 0 Å². The number of hydrogen-bond acceptors (Lipinski definition) is 5. The summed E-state index contributed by atoms with van der Waals surface area (Å²) in [5, 5.41) is 0. The Morgan fingerprint density at radius 3 is 2.57 bits per heavy atom. The molecule has 178 valence electrons. The number of pyridine rings is 1. The van der Waals surface area contributed by atoms with Gasteiger partial charge in [0.05, 0.1) is 24.6 Å². The quantitative estimate of drug-likeness (QED) is 0.498. The molecule has 1 aliphatic carbocycles. The number of likely N-dealkylation sites (tertiary alicyclic amines) is 1. The fraction of sp³-hybridized carbons (Fsp3) is 0.321. The van der Waals surface area contributed by atoms with Crippen LogP contribution in [0.25, 0.3) is 22.5 Å². The molecule has 35 heavy (non-hydrogen) atoms. The predicted octanol–water partition coefficient (Wildman–Crippen LogP) is 2.97. The molecule has 2 fully saturated rings. The van der Waals surface area contributed by atoms with Gasteiger partial charge in [0.15, 0.2) is 0 Å². The SMILES string of the molecule is NC(=O)c1cc(-c2ccccc2)nc2c1Cc1cc(C(=O)N3CC[C@@H](N4CCOCC4)C3)ccc1-2. The third kappa shape index (κ3) is 4.00. The number of ether oxygens (including phenoxy) is 1. The Labute approximate surface area is 204 Å². The highest BCUT2D eigenvalue weighted by molar-refractivity contribution is 6.00. The third-order valence-corrected chi connectivity index (χ3v) is 7.45. The highest BCUT2D eigenvalue weighted by Crippen LogP contribution is 2.39. The summed E-state index contributed by atoms with van der Waals surface area (Å²) >= 11 is 0. The van der Waals surface area contributed by atoms with Crippen LogP contribution in [0.15, 0.2) is 54.6 Å². The maximum atomic E-state index is 13.4. The molecule has 2 saturated heterocycles. The third-order valence-electron chi connectivity index (χ3n) is 7.45. The monoisotopic (exact) mass is 468 g/mol. The van der Waals surface area contributed by atoms with Gasteiger partial charge in [-0.15, -0.1) is 0 Å². The number of nitrogens with zero attached hydrogens (tertiary/aromatic N) is 3.